The number of allylic oxidation sites excluding steroid dienone is 1. The van der Waals surface area contributed by atoms with E-state index < -0.39 is 16.5 Å². The number of nitrogens with zero attached hydrogens (tertiary/aromatic N) is 2. The molecule has 6 aliphatic rings. The smallest absolute Gasteiger partial charge is 0.253 e. The molecule has 2 amide bonds. The summed E-state index contributed by atoms with van der Waals surface area (Å²) in [6.45, 7) is 4.74. The van der Waals surface area contributed by atoms with Crippen LogP contribution in [0.1, 0.15) is 38.7 Å². The molecular weight excluding hydrogens is 404 g/mol. The number of rotatable bonds is 1. The van der Waals surface area contributed by atoms with Crippen LogP contribution in [0.15, 0.2) is 42.6 Å². The number of aromatic nitrogens is 1. The van der Waals surface area contributed by atoms with Gasteiger partial charge in [0.25, 0.3) is 5.91 Å². The first-order chi connectivity index (χ1) is 15.3. The number of fused-ring (bicyclic) bond motifs is 4. The zero-order valence-electron chi connectivity index (χ0n) is 18.1. The van der Waals surface area contributed by atoms with Gasteiger partial charge in [0.05, 0.1) is 16.6 Å². The van der Waals surface area contributed by atoms with E-state index in [1.807, 2.05) is 47.5 Å². The Labute approximate surface area is 185 Å². The summed E-state index contributed by atoms with van der Waals surface area (Å²) in [5, 5.41) is 16.8. The Bertz CT molecular complexity index is 1300. The van der Waals surface area contributed by atoms with Gasteiger partial charge in [0.2, 0.25) is 17.3 Å². The third-order valence-electron chi connectivity index (χ3n) is 8.65. The third-order valence-corrected chi connectivity index (χ3v) is 8.65. The molecule has 4 fully saturated rings. The minimum Gasteiger partial charge on any atom is -0.618 e. The monoisotopic (exact) mass is 428 g/mol. The summed E-state index contributed by atoms with van der Waals surface area (Å²) in [5.74, 6) is -0.220. The Morgan fingerprint density at radius 1 is 1.22 bits per heavy atom. The van der Waals surface area contributed by atoms with E-state index in [9.17, 15) is 14.8 Å². The van der Waals surface area contributed by atoms with Gasteiger partial charge >= 0.3 is 0 Å². The summed E-state index contributed by atoms with van der Waals surface area (Å²) in [5.41, 5.74) is 2.33. The maximum atomic E-state index is 13.8. The molecule has 162 valence electrons. The van der Waals surface area contributed by atoms with Gasteiger partial charge in [-0.3, -0.25) is 9.59 Å². The number of piperidine rings is 2. The van der Waals surface area contributed by atoms with Crippen LogP contribution in [-0.2, 0) is 9.59 Å². The summed E-state index contributed by atoms with van der Waals surface area (Å²) >= 11 is 0. The van der Waals surface area contributed by atoms with Crippen molar-refractivity contribution in [1.82, 2.24) is 15.2 Å². The standard InChI is InChI=1S/C25H24N4O3/c1-23(2)19-13-24-8-4-10-28(24)22(31)25(19,27-21(24)30)12-16-15-7-6-14(17-5-3-9-26-17)11-18(15)29(32)20(16)23/h3,5-7,9,11-12,19,26H,4,8,10,13H2,1-2H3,(H,27,30)/t19?,24-,25-/m0/s1. The fourth-order valence-electron chi connectivity index (χ4n) is 7.16. The van der Waals surface area contributed by atoms with Crippen LogP contribution in [0.5, 0.6) is 0 Å². The average Bonchev–Trinajstić information content (AvgIpc) is 3.49. The van der Waals surface area contributed by atoms with Crippen LogP contribution in [0.25, 0.3) is 16.8 Å². The molecule has 1 unspecified atom stereocenters. The first-order valence-corrected chi connectivity index (χ1v) is 11.3. The Hall–Kier alpha value is -3.35. The molecule has 2 bridgehead atoms. The molecule has 32 heavy (non-hydrogen) atoms. The van der Waals surface area contributed by atoms with E-state index in [4.69, 9.17) is 0 Å². The summed E-state index contributed by atoms with van der Waals surface area (Å²) in [6.07, 6.45) is 5.89. The van der Waals surface area contributed by atoms with E-state index in [0.717, 1.165) is 33.6 Å². The Balaban J connectivity index is 1.47. The molecule has 1 aromatic heterocycles. The topological polar surface area (TPSA) is 91.3 Å². The van der Waals surface area contributed by atoms with E-state index >= 15 is 0 Å². The van der Waals surface area contributed by atoms with Crippen molar-refractivity contribution in [2.45, 2.75) is 44.2 Å². The molecule has 0 radical (unpaired) electrons. The molecule has 2 spiro atoms. The van der Waals surface area contributed by atoms with Crippen molar-refractivity contribution in [2.75, 3.05) is 6.54 Å². The van der Waals surface area contributed by atoms with Crippen molar-refractivity contribution in [1.29, 1.82) is 0 Å². The van der Waals surface area contributed by atoms with E-state index in [2.05, 4.69) is 24.1 Å². The number of hydrogen-bond acceptors (Lipinski definition) is 3. The van der Waals surface area contributed by atoms with E-state index in [1.54, 1.807) is 0 Å². The second kappa shape index (κ2) is 5.34. The van der Waals surface area contributed by atoms with Crippen molar-refractivity contribution in [3.05, 3.63) is 53.4 Å². The molecular formula is C25H24N4O3. The van der Waals surface area contributed by atoms with Gasteiger partial charge in [-0.15, -0.1) is 0 Å². The predicted molar refractivity (Wildman–Crippen MR) is 119 cm³/mol. The van der Waals surface area contributed by atoms with Gasteiger partial charge in [-0.25, -0.2) is 0 Å². The van der Waals surface area contributed by atoms with Gasteiger partial charge in [-0.05, 0) is 57.4 Å². The summed E-state index contributed by atoms with van der Waals surface area (Å²) in [4.78, 5) is 32.0. The molecule has 5 aliphatic heterocycles. The van der Waals surface area contributed by atoms with Crippen LogP contribution in [-0.4, -0.2) is 49.8 Å². The number of hydrogen-bond donors (Lipinski definition) is 2. The highest BCUT2D eigenvalue weighted by Crippen LogP contribution is 2.60. The summed E-state index contributed by atoms with van der Waals surface area (Å²) in [7, 11) is 0. The normalized spacial score (nSPS) is 33.5. The zero-order chi connectivity index (χ0) is 22.0. The van der Waals surface area contributed by atoms with Gasteiger partial charge in [0.1, 0.15) is 11.1 Å². The molecule has 8 rings (SSSR count). The molecule has 3 atom stereocenters. The van der Waals surface area contributed by atoms with E-state index in [-0.39, 0.29) is 17.7 Å². The number of nitrogens with one attached hydrogen (secondary N) is 2. The van der Waals surface area contributed by atoms with Crippen LogP contribution in [0.3, 0.4) is 0 Å². The minimum atomic E-state index is -1.09. The second-order valence-corrected chi connectivity index (χ2v) is 10.4. The first-order valence-electron chi connectivity index (χ1n) is 11.3. The van der Waals surface area contributed by atoms with Crippen LogP contribution in [0, 0.1) is 16.5 Å². The number of H-pyrrole nitrogens is 1. The van der Waals surface area contributed by atoms with E-state index in [1.165, 1.54) is 0 Å². The maximum Gasteiger partial charge on any atom is 0.253 e. The van der Waals surface area contributed by atoms with Gasteiger partial charge in [0.15, 0.2) is 0 Å². The SMILES string of the molecule is CC1(C)C2=[N+]([O-])c3cc(-c4ccc[nH]4)ccc3C2=C[C@@]23NC(=O)[C@]4(CCCN4C2=O)CC13. The Morgan fingerprint density at radius 3 is 2.84 bits per heavy atom. The molecule has 6 heterocycles. The van der Waals surface area contributed by atoms with Crippen molar-refractivity contribution < 1.29 is 14.3 Å². The lowest BCUT2D eigenvalue weighted by Gasteiger charge is -2.62. The highest BCUT2D eigenvalue weighted by Gasteiger charge is 2.73. The van der Waals surface area contributed by atoms with E-state index in [0.29, 0.717) is 30.8 Å². The van der Waals surface area contributed by atoms with Crippen LogP contribution in [0.4, 0.5) is 5.69 Å². The van der Waals surface area contributed by atoms with Crippen molar-refractivity contribution in [2.24, 2.45) is 11.3 Å². The number of piperazine rings is 1. The van der Waals surface area contributed by atoms with Gasteiger partial charge in [0, 0.05) is 36.0 Å². The van der Waals surface area contributed by atoms with Gasteiger partial charge in [-0.2, -0.15) is 4.74 Å². The molecule has 7 heteroatoms. The lowest BCUT2D eigenvalue weighted by atomic mass is 9.51. The number of carbonyl (C=O) groups is 2. The van der Waals surface area contributed by atoms with Crippen molar-refractivity contribution >= 4 is 28.8 Å². The quantitative estimate of drug-likeness (QED) is 0.540. The zero-order valence-corrected chi connectivity index (χ0v) is 18.1. The summed E-state index contributed by atoms with van der Waals surface area (Å²) < 4.78 is 1.05. The Morgan fingerprint density at radius 2 is 2.06 bits per heavy atom. The molecule has 1 aromatic carbocycles. The lowest BCUT2D eigenvalue weighted by Crippen LogP contribution is -2.83. The molecule has 7 nitrogen and oxygen atoms in total. The molecule has 0 saturated carbocycles. The third kappa shape index (κ3) is 1.80. The molecule has 2 aromatic rings. The number of benzene rings is 1. The highest BCUT2D eigenvalue weighted by atomic mass is 16.5. The Kier molecular flexibility index (Phi) is 3.04. The average molecular weight is 428 g/mol. The van der Waals surface area contributed by atoms with Crippen molar-refractivity contribution in [3.63, 3.8) is 0 Å². The number of aromatic amines is 1. The van der Waals surface area contributed by atoms with Gasteiger partial charge in [-0.1, -0.05) is 6.07 Å². The van der Waals surface area contributed by atoms with Gasteiger partial charge < -0.3 is 20.4 Å². The fraction of sp³-hybridized carbons (Fsp3) is 0.400. The summed E-state index contributed by atoms with van der Waals surface area (Å²) in [6, 6.07) is 9.76. The van der Waals surface area contributed by atoms with Crippen LogP contribution in [0.2, 0.25) is 0 Å². The first kappa shape index (κ1) is 18.2. The van der Waals surface area contributed by atoms with Crippen LogP contribution >= 0.6 is 0 Å². The number of carbonyl (C=O) groups excluding carboxylic acids is 2. The molecule has 2 N–H and O–H groups in total. The second-order valence-electron chi connectivity index (χ2n) is 10.4. The minimum absolute atomic E-state index is 0.0145. The lowest BCUT2D eigenvalue weighted by molar-refractivity contribution is -0.362. The highest BCUT2D eigenvalue weighted by molar-refractivity contribution is 6.30. The van der Waals surface area contributed by atoms with Crippen molar-refractivity contribution in [3.8, 4) is 11.3 Å². The predicted octanol–water partition coefficient (Wildman–Crippen LogP) is 2.95. The molecule has 1 aliphatic carbocycles. The fourth-order valence-corrected chi connectivity index (χ4v) is 7.16. The van der Waals surface area contributed by atoms with Crippen LogP contribution < -0.4 is 5.32 Å². The maximum absolute atomic E-state index is 13.8. The largest absolute Gasteiger partial charge is 0.618 e. The number of amides is 2. The molecule has 4 saturated heterocycles.